The molecule has 6 rings (SSSR count). The van der Waals surface area contributed by atoms with Crippen LogP contribution in [0.25, 0.3) is 16.6 Å². The number of fused-ring (bicyclic) bond motifs is 3. The summed E-state index contributed by atoms with van der Waals surface area (Å²) >= 11 is 0. The first-order valence-corrected chi connectivity index (χ1v) is 14.2. The molecule has 12 nitrogen and oxygen atoms in total. The number of carbonyl (C=O) groups excluding carboxylic acids is 2. The Morgan fingerprint density at radius 2 is 1.81 bits per heavy atom. The van der Waals surface area contributed by atoms with Gasteiger partial charge in [0.1, 0.15) is 29.8 Å². The van der Waals surface area contributed by atoms with Gasteiger partial charge in [0.25, 0.3) is 0 Å². The molecule has 3 aliphatic rings. The van der Waals surface area contributed by atoms with Crippen LogP contribution in [0.1, 0.15) is 53.5 Å². The van der Waals surface area contributed by atoms with Gasteiger partial charge in [0.2, 0.25) is 0 Å². The molecule has 2 bridgehead atoms. The van der Waals surface area contributed by atoms with Gasteiger partial charge >= 0.3 is 12.2 Å². The van der Waals surface area contributed by atoms with Gasteiger partial charge < -0.3 is 14.4 Å². The first kappa shape index (κ1) is 30.0. The third kappa shape index (κ3) is 6.49. The Morgan fingerprint density at radius 1 is 1.12 bits per heavy atom. The molecular weight excluding hydrogens is 555 g/mol. The first-order valence-electron chi connectivity index (χ1n) is 14.2. The highest BCUT2D eigenvalue weighted by molar-refractivity contribution is 5.92. The van der Waals surface area contributed by atoms with Gasteiger partial charge in [-0.2, -0.15) is 10.4 Å². The van der Waals surface area contributed by atoms with Gasteiger partial charge in [-0.1, -0.05) is 0 Å². The van der Waals surface area contributed by atoms with Crippen LogP contribution in [0.2, 0.25) is 0 Å². The van der Waals surface area contributed by atoms with Crippen LogP contribution >= 0.6 is 0 Å². The number of halogens is 1. The average molecular weight is 593 g/mol. The summed E-state index contributed by atoms with van der Waals surface area (Å²) in [6, 6.07) is 7.99. The van der Waals surface area contributed by atoms with Crippen LogP contribution in [-0.2, 0) is 9.47 Å². The summed E-state index contributed by atoms with van der Waals surface area (Å²) in [6.45, 7) is 11.1. The number of nitrogens with zero attached hydrogens (tertiary/aromatic N) is 7. The molecule has 3 fully saturated rings. The third-order valence-electron chi connectivity index (χ3n) is 7.15. The molecule has 0 radical (unpaired) electrons. The Bertz CT molecular complexity index is 1540. The summed E-state index contributed by atoms with van der Waals surface area (Å²) in [7, 11) is 0. The minimum atomic E-state index is -0.770. The summed E-state index contributed by atoms with van der Waals surface area (Å²) in [6.07, 6.45) is 4.58. The van der Waals surface area contributed by atoms with Crippen LogP contribution < -0.4 is 15.2 Å². The van der Waals surface area contributed by atoms with Crippen molar-refractivity contribution in [3.05, 3.63) is 42.4 Å². The van der Waals surface area contributed by atoms with Crippen LogP contribution in [0.3, 0.4) is 0 Å². The normalized spacial score (nSPS) is 18.5. The van der Waals surface area contributed by atoms with Crippen molar-refractivity contribution in [2.24, 2.45) is 0 Å². The highest BCUT2D eigenvalue weighted by Gasteiger charge is 2.46. The Labute approximate surface area is 249 Å². The number of pyridine rings is 2. The monoisotopic (exact) mass is 592 g/mol. The van der Waals surface area contributed by atoms with E-state index in [1.807, 2.05) is 37.9 Å². The Morgan fingerprint density at radius 3 is 2.40 bits per heavy atom. The number of amides is 2. The minimum absolute atomic E-state index is 0.142. The second-order valence-electron chi connectivity index (χ2n) is 12.8. The lowest BCUT2D eigenvalue weighted by Crippen LogP contribution is -2.73. The molecule has 3 saturated heterocycles. The van der Waals surface area contributed by atoms with Crippen LogP contribution in [0.4, 0.5) is 25.5 Å². The fraction of sp³-hybridized carbons (Fsp3) is 0.500. The minimum Gasteiger partial charge on any atom is -0.443 e. The van der Waals surface area contributed by atoms with Gasteiger partial charge in [-0.3, -0.25) is 10.3 Å². The number of piperidine rings is 1. The molecule has 0 aliphatic carbocycles. The summed E-state index contributed by atoms with van der Waals surface area (Å²) in [5, 5.41) is 16.0. The van der Waals surface area contributed by atoms with E-state index < -0.39 is 30.1 Å². The molecule has 6 heterocycles. The second kappa shape index (κ2) is 11.3. The van der Waals surface area contributed by atoms with Crippen molar-refractivity contribution >= 4 is 29.2 Å². The van der Waals surface area contributed by atoms with Crippen molar-refractivity contribution in [2.45, 2.75) is 71.2 Å². The highest BCUT2D eigenvalue weighted by Crippen LogP contribution is 2.35. The van der Waals surface area contributed by atoms with Crippen LogP contribution in [0, 0.1) is 11.3 Å². The number of ether oxygens (including phenoxy) is 2. The molecule has 3 aliphatic heterocycles. The van der Waals surface area contributed by atoms with E-state index in [2.05, 4.69) is 21.5 Å². The van der Waals surface area contributed by atoms with Gasteiger partial charge in [0, 0.05) is 42.5 Å². The predicted octanol–water partition coefficient (Wildman–Crippen LogP) is 4.68. The Hall–Kier alpha value is -4.44. The third-order valence-corrected chi connectivity index (χ3v) is 7.15. The van der Waals surface area contributed by atoms with E-state index in [0.29, 0.717) is 41.0 Å². The standard InChI is InChI=1S/C30H37FN8O4/c1-29(2,3)42-27(40)35-39-22-11-23(39)17-36(16-22)25-8-7-19(14-33-25)24-12-21(18-38-26(24)20(13-32)15-34-38)37(10-9-31)28(41)43-30(4,5)6/h7-8,12,14-15,18,22-23H,9-11,16-17H2,1-6H3,(H,35,40). The number of anilines is 2. The number of nitriles is 1. The fourth-order valence-electron chi connectivity index (χ4n) is 5.40. The zero-order valence-electron chi connectivity index (χ0n) is 25.3. The van der Waals surface area contributed by atoms with Gasteiger partial charge in [0.05, 0.1) is 35.7 Å². The Kier molecular flexibility index (Phi) is 7.91. The van der Waals surface area contributed by atoms with Crippen molar-refractivity contribution in [3.8, 4) is 17.2 Å². The van der Waals surface area contributed by atoms with Crippen LogP contribution in [0.15, 0.2) is 36.8 Å². The van der Waals surface area contributed by atoms with Crippen molar-refractivity contribution in [1.29, 1.82) is 5.26 Å². The molecule has 3 aromatic heterocycles. The van der Waals surface area contributed by atoms with Gasteiger partial charge in [-0.15, -0.1) is 0 Å². The highest BCUT2D eigenvalue weighted by atomic mass is 19.1. The molecule has 1 N–H and O–H groups in total. The molecule has 2 unspecified atom stereocenters. The molecule has 13 heteroatoms. The smallest absolute Gasteiger partial charge is 0.422 e. The molecule has 43 heavy (non-hydrogen) atoms. The average Bonchev–Trinajstić information content (AvgIpc) is 3.35. The van der Waals surface area contributed by atoms with Crippen molar-refractivity contribution < 1.29 is 23.5 Å². The van der Waals surface area contributed by atoms with Crippen LogP contribution in [-0.4, -0.2) is 81.4 Å². The maximum atomic E-state index is 13.6. The number of nitrogens with one attached hydrogen (secondary N) is 1. The lowest BCUT2D eigenvalue weighted by molar-refractivity contribution is -0.0551. The number of piperazine rings is 1. The van der Waals surface area contributed by atoms with Crippen molar-refractivity contribution in [3.63, 3.8) is 0 Å². The molecule has 3 aromatic rings. The molecule has 2 atom stereocenters. The molecule has 2 amide bonds. The summed E-state index contributed by atoms with van der Waals surface area (Å²) in [5.41, 5.74) is 4.14. The maximum absolute atomic E-state index is 13.6. The summed E-state index contributed by atoms with van der Waals surface area (Å²) in [4.78, 5) is 33.4. The van der Waals surface area contributed by atoms with Gasteiger partial charge in [-0.25, -0.2) is 28.5 Å². The number of carbonyl (C=O) groups is 2. The zero-order chi connectivity index (χ0) is 31.1. The number of hydrogen-bond donors (Lipinski definition) is 1. The van der Waals surface area contributed by atoms with Crippen molar-refractivity contribution in [1.82, 2.24) is 25.0 Å². The van der Waals surface area contributed by atoms with E-state index in [0.717, 1.165) is 12.2 Å². The first-order chi connectivity index (χ1) is 20.3. The lowest BCUT2D eigenvalue weighted by Gasteiger charge is -2.55. The second-order valence-corrected chi connectivity index (χ2v) is 12.8. The van der Waals surface area contributed by atoms with E-state index in [1.54, 1.807) is 39.2 Å². The van der Waals surface area contributed by atoms with Crippen molar-refractivity contribution in [2.75, 3.05) is 36.1 Å². The maximum Gasteiger partial charge on any atom is 0.422 e. The summed E-state index contributed by atoms with van der Waals surface area (Å²) in [5.74, 6) is 0.782. The number of rotatable bonds is 6. The number of aromatic nitrogens is 3. The van der Waals surface area contributed by atoms with Gasteiger partial charge in [-0.05, 0) is 66.2 Å². The lowest BCUT2D eigenvalue weighted by atomic mass is 9.90. The van der Waals surface area contributed by atoms with E-state index in [-0.39, 0.29) is 18.6 Å². The Balaban J connectivity index is 1.39. The summed E-state index contributed by atoms with van der Waals surface area (Å²) < 4.78 is 26.0. The number of hydrazine groups is 1. The number of alkyl halides is 1. The van der Waals surface area contributed by atoms with E-state index >= 15 is 0 Å². The molecule has 0 saturated carbocycles. The zero-order valence-corrected chi connectivity index (χ0v) is 25.3. The fourth-order valence-corrected chi connectivity index (χ4v) is 5.40. The molecule has 0 spiro atoms. The van der Waals surface area contributed by atoms with Gasteiger partial charge in [0.15, 0.2) is 0 Å². The SMILES string of the molecule is CC(C)(C)OC(=O)NN1C2CC1CN(c1ccc(-c3cc(N(CCF)C(=O)OC(C)(C)C)cn4ncc(C#N)c34)cn1)C2. The quantitative estimate of drug-likeness (QED) is 0.434. The molecule has 228 valence electrons. The molecule has 0 aromatic carbocycles. The van der Waals surface area contributed by atoms with Crippen LogP contribution in [0.5, 0.6) is 0 Å². The topological polar surface area (TPSA) is 128 Å². The predicted molar refractivity (Wildman–Crippen MR) is 158 cm³/mol. The van der Waals surface area contributed by atoms with E-state index in [4.69, 9.17) is 14.5 Å². The number of hydrogen-bond acceptors (Lipinski definition) is 9. The largest absolute Gasteiger partial charge is 0.443 e. The van der Waals surface area contributed by atoms with E-state index in [9.17, 15) is 19.2 Å². The molecular formula is C30H37FN8O4. The van der Waals surface area contributed by atoms with E-state index in [1.165, 1.54) is 15.6 Å².